The second-order valence-corrected chi connectivity index (χ2v) is 12.0. The predicted molar refractivity (Wildman–Crippen MR) is 132 cm³/mol. The number of ketones is 2. The largest absolute Gasteiger partial charge is 0.390 e. The molecular weight excluding hydrogens is 480 g/mol. The molecule has 1 aliphatic heterocycles. The van der Waals surface area contributed by atoms with Crippen LogP contribution in [-0.2, 0) is 14.4 Å². The van der Waals surface area contributed by atoms with Crippen molar-refractivity contribution in [2.75, 3.05) is 18.2 Å². The van der Waals surface area contributed by atoms with Crippen LogP contribution in [0, 0.1) is 35.5 Å². The number of rotatable bonds is 3. The molecule has 2 N–H and O–H groups in total. The van der Waals surface area contributed by atoms with E-state index in [1.54, 1.807) is 12.0 Å². The Morgan fingerprint density at radius 3 is 2.65 bits per heavy atom. The van der Waals surface area contributed by atoms with E-state index in [2.05, 4.69) is 0 Å². The van der Waals surface area contributed by atoms with Crippen LogP contribution in [0.1, 0.15) is 38.7 Å². The summed E-state index contributed by atoms with van der Waals surface area (Å²) in [6, 6.07) is 7.63. The molecule has 0 unspecified atom stereocenters. The number of para-hydroxylation sites is 1. The summed E-state index contributed by atoms with van der Waals surface area (Å²) in [7, 11) is 0. The third-order valence-electron chi connectivity index (χ3n) is 10.6. The maximum absolute atomic E-state index is 17.4. The van der Waals surface area contributed by atoms with Crippen molar-refractivity contribution in [1.82, 2.24) is 0 Å². The Morgan fingerprint density at radius 1 is 1.22 bits per heavy atom. The number of alkyl halides is 2. The number of allylic oxidation sites excluding steroid dienone is 4. The molecule has 1 heterocycles. The zero-order valence-corrected chi connectivity index (χ0v) is 21.3. The van der Waals surface area contributed by atoms with Crippen molar-refractivity contribution in [2.45, 2.75) is 63.6 Å². The predicted octanol–water partition coefficient (Wildman–Crippen LogP) is 3.59. The second kappa shape index (κ2) is 7.80. The van der Waals surface area contributed by atoms with Crippen molar-refractivity contribution in [3.05, 3.63) is 53.6 Å². The van der Waals surface area contributed by atoms with Gasteiger partial charge in [-0.25, -0.2) is 8.78 Å². The van der Waals surface area contributed by atoms with E-state index in [0.29, 0.717) is 13.0 Å². The van der Waals surface area contributed by atoms with E-state index in [4.69, 9.17) is 4.84 Å². The lowest BCUT2D eigenvalue weighted by Gasteiger charge is -2.63. The van der Waals surface area contributed by atoms with Gasteiger partial charge >= 0.3 is 0 Å². The lowest BCUT2D eigenvalue weighted by molar-refractivity contribution is -0.228. The summed E-state index contributed by atoms with van der Waals surface area (Å²) in [5, 5.41) is 23.3. The van der Waals surface area contributed by atoms with Crippen molar-refractivity contribution in [2.24, 2.45) is 28.6 Å². The fourth-order valence-corrected chi connectivity index (χ4v) is 8.85. The number of Topliss-reactive ketones (excluding diaryl/α,β-unsaturated/α-hetero) is 1. The fraction of sp³-hybridized carbons (Fsp3) is 0.586. The van der Waals surface area contributed by atoms with Crippen LogP contribution in [0.15, 0.2) is 48.1 Å². The molecule has 1 aromatic carbocycles. The summed E-state index contributed by atoms with van der Waals surface area (Å²) in [5.74, 6) is -2.63. The molecule has 3 saturated carbocycles. The first-order valence-corrected chi connectivity index (χ1v) is 13.1. The van der Waals surface area contributed by atoms with Crippen molar-refractivity contribution in [1.29, 1.82) is 0 Å². The van der Waals surface area contributed by atoms with E-state index in [-0.39, 0.29) is 30.1 Å². The molecule has 6 rings (SSSR count). The molecule has 4 aliphatic carbocycles. The maximum atomic E-state index is 17.4. The van der Waals surface area contributed by atoms with Gasteiger partial charge in [0.25, 0.3) is 0 Å². The minimum absolute atomic E-state index is 0.0720. The van der Waals surface area contributed by atoms with Gasteiger partial charge in [0, 0.05) is 22.7 Å². The molecule has 8 heteroatoms. The highest BCUT2D eigenvalue weighted by molar-refractivity contribution is 6.01. The van der Waals surface area contributed by atoms with E-state index >= 15 is 8.78 Å². The van der Waals surface area contributed by atoms with Gasteiger partial charge in [0.1, 0.15) is 12.8 Å². The van der Waals surface area contributed by atoms with Crippen LogP contribution in [0.25, 0.3) is 0 Å². The molecule has 0 spiro atoms. The molecule has 4 fully saturated rings. The molecule has 6 nitrogen and oxygen atoms in total. The number of benzene rings is 1. The average molecular weight is 514 g/mol. The van der Waals surface area contributed by atoms with E-state index < -0.39 is 58.6 Å². The molecule has 37 heavy (non-hydrogen) atoms. The van der Waals surface area contributed by atoms with Gasteiger partial charge in [-0.1, -0.05) is 31.2 Å². The van der Waals surface area contributed by atoms with Crippen LogP contribution in [0.2, 0.25) is 0 Å². The number of hydroxylamine groups is 1. The lowest BCUT2D eigenvalue weighted by atomic mass is 9.44. The zero-order valence-electron chi connectivity index (χ0n) is 21.3. The van der Waals surface area contributed by atoms with Gasteiger partial charge in [-0.2, -0.15) is 0 Å². The number of aliphatic hydroxyl groups excluding tert-OH is 2. The smallest absolute Gasteiger partial charge is 0.193 e. The Bertz CT molecular complexity index is 1250. The molecular formula is C29H33F2NO5. The SMILES string of the molecule is Cc1ccccc1N1C[C@@H]2C[C@H]3[C@@H]4C[C@H](F)C5=CC(=O)C=C[C@]5(C)[C@@]4(F)[C@@H](O)C[C@]3(C)[C@]2(C(=O)CO)O1. The maximum Gasteiger partial charge on any atom is 0.193 e. The first-order valence-electron chi connectivity index (χ1n) is 13.1. The molecule has 198 valence electrons. The van der Waals surface area contributed by atoms with Crippen LogP contribution in [0.4, 0.5) is 14.5 Å². The molecule has 0 bridgehead atoms. The highest BCUT2D eigenvalue weighted by atomic mass is 19.1. The molecule has 1 saturated heterocycles. The molecule has 0 amide bonds. The van der Waals surface area contributed by atoms with Crippen LogP contribution in [0.5, 0.6) is 0 Å². The zero-order chi connectivity index (χ0) is 26.5. The van der Waals surface area contributed by atoms with E-state index in [1.807, 2.05) is 38.1 Å². The van der Waals surface area contributed by atoms with Crippen LogP contribution < -0.4 is 5.06 Å². The van der Waals surface area contributed by atoms with E-state index in [1.165, 1.54) is 18.2 Å². The first-order chi connectivity index (χ1) is 17.4. The summed E-state index contributed by atoms with van der Waals surface area (Å²) in [6.45, 7) is 4.95. The summed E-state index contributed by atoms with van der Waals surface area (Å²) in [6.07, 6.45) is 0.890. The summed E-state index contributed by atoms with van der Waals surface area (Å²) >= 11 is 0. The van der Waals surface area contributed by atoms with Crippen LogP contribution >= 0.6 is 0 Å². The van der Waals surface area contributed by atoms with Crippen molar-refractivity contribution in [3.8, 4) is 0 Å². The number of anilines is 1. The van der Waals surface area contributed by atoms with Gasteiger partial charge < -0.3 is 10.2 Å². The average Bonchev–Trinajstić information content (AvgIpc) is 3.35. The topological polar surface area (TPSA) is 87.1 Å². The first kappa shape index (κ1) is 24.9. The highest BCUT2D eigenvalue weighted by Gasteiger charge is 2.79. The van der Waals surface area contributed by atoms with Gasteiger partial charge in [-0.05, 0) is 68.4 Å². The monoisotopic (exact) mass is 513 g/mol. The molecule has 1 aromatic rings. The third-order valence-corrected chi connectivity index (χ3v) is 10.6. The summed E-state index contributed by atoms with van der Waals surface area (Å²) in [4.78, 5) is 32.1. The van der Waals surface area contributed by atoms with E-state index in [9.17, 15) is 19.8 Å². The number of hydrogen-bond acceptors (Lipinski definition) is 6. The molecule has 5 aliphatic rings. The van der Waals surface area contributed by atoms with Gasteiger partial charge in [0.15, 0.2) is 22.8 Å². The third kappa shape index (κ3) is 2.84. The Hall–Kier alpha value is -2.42. The normalized spacial score (nSPS) is 46.1. The minimum Gasteiger partial charge on any atom is -0.390 e. The standard InChI is InChI=1S/C29H33F2NO5/c1-16-6-4-5-7-23(16)32-14-17-10-19-20-12-22(30)21-11-18(34)8-9-26(21,2)28(20,31)24(35)13-27(19,3)29(17,37-32)25(36)15-33/h4-9,11,17,19-20,22,24,33,35H,10,12-15H2,1-3H3/t17-,19-,20-,22-,24-,26-,27-,28-,29-/m0/s1. The van der Waals surface area contributed by atoms with Crippen LogP contribution in [0.3, 0.4) is 0 Å². The molecule has 0 aromatic heterocycles. The molecule has 0 radical (unpaired) electrons. The fourth-order valence-electron chi connectivity index (χ4n) is 8.85. The van der Waals surface area contributed by atoms with E-state index in [0.717, 1.165) is 11.3 Å². The number of fused-ring (bicyclic) bond motifs is 7. The van der Waals surface area contributed by atoms with Gasteiger partial charge in [0.2, 0.25) is 0 Å². The number of halogens is 2. The molecule has 9 atom stereocenters. The van der Waals surface area contributed by atoms with Gasteiger partial charge in [-0.15, -0.1) is 0 Å². The van der Waals surface area contributed by atoms with Crippen molar-refractivity contribution >= 4 is 17.3 Å². The summed E-state index contributed by atoms with van der Waals surface area (Å²) < 4.78 is 33.1. The van der Waals surface area contributed by atoms with Gasteiger partial charge in [0.05, 0.1) is 18.3 Å². The Morgan fingerprint density at radius 2 is 1.95 bits per heavy atom. The minimum atomic E-state index is -2.22. The number of aryl methyl sites for hydroxylation is 1. The van der Waals surface area contributed by atoms with Crippen molar-refractivity contribution in [3.63, 3.8) is 0 Å². The van der Waals surface area contributed by atoms with Gasteiger partial charge in [-0.3, -0.25) is 19.5 Å². The second-order valence-electron chi connectivity index (χ2n) is 12.0. The summed E-state index contributed by atoms with van der Waals surface area (Å²) in [5.41, 5.74) is -4.38. The quantitative estimate of drug-likeness (QED) is 0.643. The van der Waals surface area contributed by atoms with Crippen molar-refractivity contribution < 1.29 is 33.4 Å². The number of aliphatic hydroxyl groups is 2. The number of carbonyl (C=O) groups is 2. The Kier molecular flexibility index (Phi) is 5.25. The number of nitrogens with zero attached hydrogens (tertiary/aromatic N) is 1. The lowest BCUT2D eigenvalue weighted by Crippen LogP contribution is -2.70. The Labute approximate surface area is 214 Å². The Balaban J connectivity index is 1.46. The number of carbonyl (C=O) groups excluding carboxylic acids is 2. The number of hydrogen-bond donors (Lipinski definition) is 2. The highest BCUT2D eigenvalue weighted by Crippen LogP contribution is 2.72. The van der Waals surface area contributed by atoms with Crippen LogP contribution in [-0.4, -0.2) is 58.5 Å².